The molecule has 6 heteroatoms. The lowest BCUT2D eigenvalue weighted by atomic mass is 10.2. The Morgan fingerprint density at radius 1 is 1.53 bits per heavy atom. The first kappa shape index (κ1) is 10.5. The van der Waals surface area contributed by atoms with Crippen LogP contribution in [0, 0.1) is 0 Å². The molecule has 1 fully saturated rings. The standard InChI is InChI=1S/C9H15N3O3/c13-3-1-2-7-4-12(11-10-7)8-5-15-6-9(8)14/h4,8-9,13-14H,1-3,5-6H2/t8-,9-/m1/s1. The van der Waals surface area contributed by atoms with Crippen molar-refractivity contribution in [1.29, 1.82) is 0 Å². The largest absolute Gasteiger partial charge is 0.396 e. The highest BCUT2D eigenvalue weighted by molar-refractivity contribution is 4.95. The summed E-state index contributed by atoms with van der Waals surface area (Å²) in [5.74, 6) is 0. The monoisotopic (exact) mass is 213 g/mol. The van der Waals surface area contributed by atoms with Gasteiger partial charge in [-0.3, -0.25) is 0 Å². The zero-order chi connectivity index (χ0) is 10.7. The van der Waals surface area contributed by atoms with E-state index in [-0.39, 0.29) is 12.6 Å². The predicted molar refractivity (Wildman–Crippen MR) is 51.3 cm³/mol. The summed E-state index contributed by atoms with van der Waals surface area (Å²) in [6, 6.07) is -0.125. The smallest absolute Gasteiger partial charge is 0.105 e. The summed E-state index contributed by atoms with van der Waals surface area (Å²) in [6.45, 7) is 0.989. The van der Waals surface area contributed by atoms with Gasteiger partial charge in [0.1, 0.15) is 12.1 Å². The zero-order valence-corrected chi connectivity index (χ0v) is 8.41. The molecule has 15 heavy (non-hydrogen) atoms. The lowest BCUT2D eigenvalue weighted by Crippen LogP contribution is -2.22. The second-order valence-corrected chi connectivity index (χ2v) is 3.69. The highest BCUT2D eigenvalue weighted by Gasteiger charge is 2.28. The molecule has 2 rings (SSSR count). The summed E-state index contributed by atoms with van der Waals surface area (Å²) in [5, 5.41) is 26.2. The number of hydrogen-bond donors (Lipinski definition) is 2. The van der Waals surface area contributed by atoms with E-state index in [4.69, 9.17) is 9.84 Å². The van der Waals surface area contributed by atoms with Gasteiger partial charge in [0.2, 0.25) is 0 Å². The Labute approximate surface area is 87.5 Å². The highest BCUT2D eigenvalue weighted by atomic mass is 16.5. The van der Waals surface area contributed by atoms with E-state index in [2.05, 4.69) is 10.3 Å². The summed E-state index contributed by atoms with van der Waals surface area (Å²) in [5.41, 5.74) is 0.836. The van der Waals surface area contributed by atoms with Gasteiger partial charge in [-0.1, -0.05) is 5.21 Å². The molecular weight excluding hydrogens is 198 g/mol. The first-order chi connectivity index (χ1) is 7.31. The number of aromatic nitrogens is 3. The van der Waals surface area contributed by atoms with Crippen LogP contribution in [0.15, 0.2) is 6.20 Å². The van der Waals surface area contributed by atoms with Gasteiger partial charge in [-0.25, -0.2) is 4.68 Å². The van der Waals surface area contributed by atoms with Crippen LogP contribution >= 0.6 is 0 Å². The van der Waals surface area contributed by atoms with Crippen LogP contribution in [0.5, 0.6) is 0 Å². The van der Waals surface area contributed by atoms with Gasteiger partial charge in [-0.2, -0.15) is 0 Å². The number of rotatable bonds is 4. The maximum absolute atomic E-state index is 9.57. The molecule has 1 aromatic heterocycles. The third-order valence-corrected chi connectivity index (χ3v) is 2.51. The molecule has 0 unspecified atom stereocenters. The van der Waals surface area contributed by atoms with Gasteiger partial charge >= 0.3 is 0 Å². The first-order valence-corrected chi connectivity index (χ1v) is 5.08. The summed E-state index contributed by atoms with van der Waals surface area (Å²) in [7, 11) is 0. The molecule has 1 aliphatic heterocycles. The summed E-state index contributed by atoms with van der Waals surface area (Å²) >= 11 is 0. The SMILES string of the molecule is OCCCc1cn([C@@H]2COC[C@H]2O)nn1. The molecule has 2 heterocycles. The molecule has 2 atom stereocenters. The van der Waals surface area contributed by atoms with Crippen molar-refractivity contribution in [2.75, 3.05) is 19.8 Å². The Morgan fingerprint density at radius 3 is 3.07 bits per heavy atom. The molecule has 1 saturated heterocycles. The first-order valence-electron chi connectivity index (χ1n) is 5.08. The van der Waals surface area contributed by atoms with Crippen LogP contribution in [0.3, 0.4) is 0 Å². The van der Waals surface area contributed by atoms with Crippen LogP contribution < -0.4 is 0 Å². The summed E-state index contributed by atoms with van der Waals surface area (Å²) in [6.07, 6.45) is 2.69. The number of ether oxygens (including phenoxy) is 1. The molecule has 0 amide bonds. The Morgan fingerprint density at radius 2 is 2.40 bits per heavy atom. The van der Waals surface area contributed by atoms with Gasteiger partial charge in [0, 0.05) is 12.8 Å². The van der Waals surface area contributed by atoms with E-state index in [0.717, 1.165) is 5.69 Å². The van der Waals surface area contributed by atoms with Gasteiger partial charge in [-0.15, -0.1) is 5.10 Å². The Balaban J connectivity index is 1.99. The molecule has 0 aromatic carbocycles. The van der Waals surface area contributed by atoms with E-state index in [9.17, 15) is 5.11 Å². The van der Waals surface area contributed by atoms with Crippen molar-refractivity contribution in [2.24, 2.45) is 0 Å². The highest BCUT2D eigenvalue weighted by Crippen LogP contribution is 2.18. The molecule has 84 valence electrons. The maximum atomic E-state index is 9.57. The van der Waals surface area contributed by atoms with Crippen LogP contribution in [-0.2, 0) is 11.2 Å². The van der Waals surface area contributed by atoms with Crippen molar-refractivity contribution < 1.29 is 14.9 Å². The second kappa shape index (κ2) is 4.69. The molecule has 0 bridgehead atoms. The predicted octanol–water partition coefficient (Wildman–Crippen LogP) is -0.865. The van der Waals surface area contributed by atoms with Gasteiger partial charge in [0.25, 0.3) is 0 Å². The lowest BCUT2D eigenvalue weighted by Gasteiger charge is -2.10. The van der Waals surface area contributed by atoms with E-state index in [0.29, 0.717) is 26.1 Å². The maximum Gasteiger partial charge on any atom is 0.105 e. The molecule has 0 saturated carbocycles. The molecule has 0 aliphatic carbocycles. The fraction of sp³-hybridized carbons (Fsp3) is 0.778. The van der Waals surface area contributed by atoms with Crippen molar-refractivity contribution in [3.8, 4) is 0 Å². The van der Waals surface area contributed by atoms with Crippen molar-refractivity contribution in [3.05, 3.63) is 11.9 Å². The molecule has 0 spiro atoms. The van der Waals surface area contributed by atoms with Crippen LogP contribution in [0.2, 0.25) is 0 Å². The number of aryl methyl sites for hydroxylation is 1. The summed E-state index contributed by atoms with van der Waals surface area (Å²) in [4.78, 5) is 0. The number of hydrogen-bond acceptors (Lipinski definition) is 5. The van der Waals surface area contributed by atoms with Crippen LogP contribution in [0.25, 0.3) is 0 Å². The third kappa shape index (κ3) is 2.34. The van der Waals surface area contributed by atoms with Crippen LogP contribution in [-0.4, -0.2) is 51.1 Å². The second-order valence-electron chi connectivity index (χ2n) is 3.69. The number of nitrogens with zero attached hydrogens (tertiary/aromatic N) is 3. The summed E-state index contributed by atoms with van der Waals surface area (Å²) < 4.78 is 6.78. The van der Waals surface area contributed by atoms with Gasteiger partial charge in [0.15, 0.2) is 0 Å². The molecular formula is C9H15N3O3. The van der Waals surface area contributed by atoms with Crippen molar-refractivity contribution in [3.63, 3.8) is 0 Å². The molecule has 6 nitrogen and oxygen atoms in total. The van der Waals surface area contributed by atoms with E-state index in [1.165, 1.54) is 0 Å². The van der Waals surface area contributed by atoms with Crippen molar-refractivity contribution >= 4 is 0 Å². The minimum Gasteiger partial charge on any atom is -0.396 e. The minimum atomic E-state index is -0.502. The zero-order valence-electron chi connectivity index (χ0n) is 8.41. The van der Waals surface area contributed by atoms with Crippen molar-refractivity contribution in [2.45, 2.75) is 25.0 Å². The van der Waals surface area contributed by atoms with Gasteiger partial charge < -0.3 is 14.9 Å². The molecule has 1 aromatic rings. The van der Waals surface area contributed by atoms with Crippen LogP contribution in [0.4, 0.5) is 0 Å². The van der Waals surface area contributed by atoms with E-state index in [1.807, 2.05) is 0 Å². The average molecular weight is 213 g/mol. The van der Waals surface area contributed by atoms with Crippen LogP contribution in [0.1, 0.15) is 18.2 Å². The molecule has 2 N–H and O–H groups in total. The normalized spacial score (nSPS) is 26.0. The van der Waals surface area contributed by atoms with Gasteiger partial charge in [0.05, 0.1) is 18.9 Å². The fourth-order valence-electron chi connectivity index (χ4n) is 1.63. The Hall–Kier alpha value is -0.980. The lowest BCUT2D eigenvalue weighted by molar-refractivity contribution is 0.117. The van der Waals surface area contributed by atoms with Gasteiger partial charge in [-0.05, 0) is 12.8 Å². The van der Waals surface area contributed by atoms with E-state index < -0.39 is 6.10 Å². The molecule has 0 radical (unpaired) electrons. The minimum absolute atomic E-state index is 0.125. The Kier molecular flexibility index (Phi) is 3.30. The third-order valence-electron chi connectivity index (χ3n) is 2.51. The average Bonchev–Trinajstić information content (AvgIpc) is 2.83. The Bertz CT molecular complexity index is 315. The quantitative estimate of drug-likeness (QED) is 0.680. The topological polar surface area (TPSA) is 80.4 Å². The van der Waals surface area contributed by atoms with E-state index in [1.54, 1.807) is 10.9 Å². The van der Waals surface area contributed by atoms with E-state index >= 15 is 0 Å². The fourth-order valence-corrected chi connectivity index (χ4v) is 1.63. The molecule has 1 aliphatic rings. The number of aliphatic hydroxyl groups excluding tert-OH is 2. The van der Waals surface area contributed by atoms with Crippen molar-refractivity contribution in [1.82, 2.24) is 15.0 Å². The number of aliphatic hydroxyl groups is 2.